The number of halogens is 2. The Bertz CT molecular complexity index is 553. The SMILES string of the molecule is CCCCC(CCC)NS(=O)(=O)c1c(N)cc(Cl)cc1Cl. The van der Waals surface area contributed by atoms with E-state index in [1.165, 1.54) is 12.1 Å². The summed E-state index contributed by atoms with van der Waals surface area (Å²) in [7, 11) is -3.76. The highest BCUT2D eigenvalue weighted by molar-refractivity contribution is 7.89. The molecule has 1 rings (SSSR count). The molecule has 4 nitrogen and oxygen atoms in total. The Kier molecular flexibility index (Phi) is 7.27. The predicted molar refractivity (Wildman–Crippen MR) is 89.4 cm³/mol. The topological polar surface area (TPSA) is 72.2 Å². The summed E-state index contributed by atoms with van der Waals surface area (Å²) >= 11 is 11.8. The number of hydrogen-bond acceptors (Lipinski definition) is 3. The van der Waals surface area contributed by atoms with E-state index in [9.17, 15) is 8.42 Å². The molecule has 0 amide bonds. The Morgan fingerprint density at radius 2 is 1.86 bits per heavy atom. The zero-order chi connectivity index (χ0) is 16.0. The van der Waals surface area contributed by atoms with Gasteiger partial charge < -0.3 is 5.73 Å². The van der Waals surface area contributed by atoms with Crippen LogP contribution in [0.4, 0.5) is 5.69 Å². The zero-order valence-corrected chi connectivity index (χ0v) is 14.7. The van der Waals surface area contributed by atoms with E-state index in [4.69, 9.17) is 28.9 Å². The average Bonchev–Trinajstić information content (AvgIpc) is 2.34. The van der Waals surface area contributed by atoms with Crippen molar-refractivity contribution < 1.29 is 8.42 Å². The van der Waals surface area contributed by atoms with E-state index < -0.39 is 10.0 Å². The van der Waals surface area contributed by atoms with E-state index in [-0.39, 0.29) is 21.6 Å². The van der Waals surface area contributed by atoms with Crippen LogP contribution in [0.25, 0.3) is 0 Å². The maximum atomic E-state index is 12.5. The maximum Gasteiger partial charge on any atom is 0.244 e. The molecule has 1 aromatic rings. The van der Waals surface area contributed by atoms with Crippen molar-refractivity contribution >= 4 is 38.9 Å². The molecule has 0 aliphatic heterocycles. The number of hydrogen-bond donors (Lipinski definition) is 2. The minimum Gasteiger partial charge on any atom is -0.398 e. The molecule has 3 N–H and O–H groups in total. The first-order valence-corrected chi connectivity index (χ1v) is 9.32. The Hall–Kier alpha value is -0.490. The largest absolute Gasteiger partial charge is 0.398 e. The summed E-state index contributed by atoms with van der Waals surface area (Å²) in [6.45, 7) is 4.10. The molecule has 0 aromatic heterocycles. The fourth-order valence-electron chi connectivity index (χ4n) is 2.20. The lowest BCUT2D eigenvalue weighted by molar-refractivity contribution is 0.483. The third-order valence-electron chi connectivity index (χ3n) is 3.17. The second-order valence-electron chi connectivity index (χ2n) is 5.06. The van der Waals surface area contributed by atoms with Crippen LogP contribution < -0.4 is 10.5 Å². The van der Waals surface area contributed by atoms with Crippen LogP contribution in [0.5, 0.6) is 0 Å². The molecule has 7 heteroatoms. The molecule has 0 radical (unpaired) electrons. The van der Waals surface area contributed by atoms with Crippen LogP contribution in [0.2, 0.25) is 10.0 Å². The Morgan fingerprint density at radius 3 is 2.38 bits per heavy atom. The summed E-state index contributed by atoms with van der Waals surface area (Å²) < 4.78 is 27.7. The summed E-state index contributed by atoms with van der Waals surface area (Å²) in [6, 6.07) is 2.67. The van der Waals surface area contributed by atoms with Crippen LogP contribution in [-0.4, -0.2) is 14.5 Å². The zero-order valence-electron chi connectivity index (χ0n) is 12.3. The number of nitrogen functional groups attached to an aromatic ring is 1. The number of rotatable bonds is 8. The van der Waals surface area contributed by atoms with Crippen molar-refractivity contribution in [1.82, 2.24) is 4.72 Å². The molecule has 120 valence electrons. The molecule has 1 aromatic carbocycles. The van der Waals surface area contributed by atoms with Crippen LogP contribution >= 0.6 is 23.2 Å². The van der Waals surface area contributed by atoms with Crippen molar-refractivity contribution in [1.29, 1.82) is 0 Å². The molecule has 0 spiro atoms. The molecule has 21 heavy (non-hydrogen) atoms. The van der Waals surface area contributed by atoms with Crippen molar-refractivity contribution in [2.75, 3.05) is 5.73 Å². The van der Waals surface area contributed by atoms with Crippen LogP contribution in [0.3, 0.4) is 0 Å². The average molecular weight is 353 g/mol. The lowest BCUT2D eigenvalue weighted by atomic mass is 10.1. The highest BCUT2D eigenvalue weighted by Gasteiger charge is 2.24. The number of sulfonamides is 1. The number of nitrogens with two attached hydrogens (primary N) is 1. The van der Waals surface area contributed by atoms with Crippen LogP contribution in [0.15, 0.2) is 17.0 Å². The number of nitrogens with one attached hydrogen (secondary N) is 1. The molecule has 0 heterocycles. The summed E-state index contributed by atoms with van der Waals surface area (Å²) in [6.07, 6.45) is 4.47. The van der Waals surface area contributed by atoms with Gasteiger partial charge in [-0.1, -0.05) is 56.3 Å². The molecular formula is C14H22Cl2N2O2S. The maximum absolute atomic E-state index is 12.5. The van der Waals surface area contributed by atoms with Crippen molar-refractivity contribution in [2.45, 2.75) is 56.9 Å². The lowest BCUT2D eigenvalue weighted by Gasteiger charge is -2.19. The van der Waals surface area contributed by atoms with Crippen molar-refractivity contribution in [3.63, 3.8) is 0 Å². The molecule has 0 saturated heterocycles. The van der Waals surface area contributed by atoms with Crippen LogP contribution in [0.1, 0.15) is 46.0 Å². The first kappa shape index (κ1) is 18.6. The van der Waals surface area contributed by atoms with Crippen molar-refractivity contribution in [3.8, 4) is 0 Å². The molecule has 1 unspecified atom stereocenters. The smallest absolute Gasteiger partial charge is 0.244 e. The first-order valence-electron chi connectivity index (χ1n) is 7.08. The predicted octanol–water partition coefficient (Wildman–Crippen LogP) is 4.21. The minimum atomic E-state index is -3.76. The van der Waals surface area contributed by atoms with Gasteiger partial charge >= 0.3 is 0 Å². The molecule has 1 atom stereocenters. The third kappa shape index (κ3) is 5.33. The molecule has 0 fully saturated rings. The third-order valence-corrected chi connectivity index (χ3v) is 5.44. The quantitative estimate of drug-likeness (QED) is 0.688. The second kappa shape index (κ2) is 8.22. The van der Waals surface area contributed by atoms with Gasteiger partial charge in [0.25, 0.3) is 0 Å². The van der Waals surface area contributed by atoms with E-state index in [1.54, 1.807) is 0 Å². The summed E-state index contributed by atoms with van der Waals surface area (Å²) in [5, 5.41) is 0.353. The number of benzene rings is 1. The molecule has 0 saturated carbocycles. The highest BCUT2D eigenvalue weighted by atomic mass is 35.5. The van der Waals surface area contributed by atoms with Gasteiger partial charge in [0.05, 0.1) is 10.7 Å². The fourth-order valence-corrected chi connectivity index (χ4v) is 4.49. The fraction of sp³-hybridized carbons (Fsp3) is 0.571. The van der Waals surface area contributed by atoms with E-state index in [2.05, 4.69) is 11.6 Å². The van der Waals surface area contributed by atoms with Gasteiger partial charge in [-0.3, -0.25) is 0 Å². The van der Waals surface area contributed by atoms with Crippen molar-refractivity contribution in [2.24, 2.45) is 0 Å². The summed E-state index contributed by atoms with van der Waals surface area (Å²) in [4.78, 5) is -0.0915. The monoisotopic (exact) mass is 352 g/mol. The number of unbranched alkanes of at least 4 members (excludes halogenated alkanes) is 1. The van der Waals surface area contributed by atoms with Gasteiger partial charge in [-0.05, 0) is 25.0 Å². The van der Waals surface area contributed by atoms with Crippen LogP contribution in [0, 0.1) is 0 Å². The number of anilines is 1. The Morgan fingerprint density at radius 1 is 1.19 bits per heavy atom. The van der Waals surface area contributed by atoms with Gasteiger partial charge in [0.15, 0.2) is 0 Å². The van der Waals surface area contributed by atoms with Crippen LogP contribution in [-0.2, 0) is 10.0 Å². The van der Waals surface area contributed by atoms with E-state index >= 15 is 0 Å². The lowest BCUT2D eigenvalue weighted by Crippen LogP contribution is -2.35. The van der Waals surface area contributed by atoms with E-state index in [0.29, 0.717) is 5.02 Å². The van der Waals surface area contributed by atoms with Gasteiger partial charge in [-0.15, -0.1) is 0 Å². The minimum absolute atomic E-state index is 0.0400. The van der Waals surface area contributed by atoms with Gasteiger partial charge in [0.2, 0.25) is 10.0 Å². The molecule has 0 aliphatic carbocycles. The molecular weight excluding hydrogens is 331 g/mol. The van der Waals surface area contributed by atoms with Crippen molar-refractivity contribution in [3.05, 3.63) is 22.2 Å². The summed E-state index contributed by atoms with van der Waals surface area (Å²) in [5.74, 6) is 0. The normalized spacial score (nSPS) is 13.3. The van der Waals surface area contributed by atoms with Gasteiger partial charge in [0.1, 0.15) is 4.90 Å². The van der Waals surface area contributed by atoms with Gasteiger partial charge in [0, 0.05) is 11.1 Å². The first-order chi connectivity index (χ1) is 9.81. The van der Waals surface area contributed by atoms with Gasteiger partial charge in [-0.2, -0.15) is 0 Å². The second-order valence-corrected chi connectivity index (χ2v) is 7.55. The molecule has 0 aliphatic rings. The molecule has 0 bridgehead atoms. The standard InChI is InChI=1S/C14H22Cl2N2O2S/c1-3-5-7-11(6-4-2)18-21(19,20)14-12(16)8-10(15)9-13(14)17/h8-9,11,18H,3-7,17H2,1-2H3. The highest BCUT2D eigenvalue weighted by Crippen LogP contribution is 2.31. The van der Waals surface area contributed by atoms with E-state index in [1.807, 2.05) is 6.92 Å². The Balaban J connectivity index is 3.04. The summed E-state index contributed by atoms with van der Waals surface area (Å²) in [5.41, 5.74) is 5.83. The van der Waals surface area contributed by atoms with E-state index in [0.717, 1.165) is 32.1 Å². The van der Waals surface area contributed by atoms with Gasteiger partial charge in [-0.25, -0.2) is 13.1 Å². The Labute approximate surface area is 137 Å².